The fourth-order valence-electron chi connectivity index (χ4n) is 1.99. The van der Waals surface area contributed by atoms with E-state index in [1.807, 2.05) is 0 Å². The number of nitrogens with one attached hydrogen (secondary N) is 1. The maximum atomic E-state index is 12.3. The van der Waals surface area contributed by atoms with Gasteiger partial charge in [-0.05, 0) is 12.8 Å². The van der Waals surface area contributed by atoms with Gasteiger partial charge in [-0.15, -0.1) is 0 Å². The minimum absolute atomic E-state index is 0.276. The Morgan fingerprint density at radius 2 is 2.06 bits per heavy atom. The third kappa shape index (κ3) is 1.87. The molecule has 0 aromatic carbocycles. The molecule has 0 radical (unpaired) electrons. The van der Waals surface area contributed by atoms with Gasteiger partial charge >= 0.3 is 5.69 Å². The van der Waals surface area contributed by atoms with Crippen molar-refractivity contribution in [1.82, 2.24) is 19.1 Å². The van der Waals surface area contributed by atoms with Crippen LogP contribution in [0.2, 0.25) is 0 Å². The van der Waals surface area contributed by atoms with Crippen LogP contribution >= 0.6 is 0 Å². The van der Waals surface area contributed by atoms with E-state index in [0.29, 0.717) is 30.2 Å². The lowest BCUT2D eigenvalue weighted by Crippen LogP contribution is -2.40. The minimum atomic E-state index is -0.296. The summed E-state index contributed by atoms with van der Waals surface area (Å²) in [5.74, 6) is 0.366. The molecule has 0 fully saturated rings. The molecule has 0 aliphatic heterocycles. The Balaban J connectivity index is 2.74. The lowest BCUT2D eigenvalue weighted by molar-refractivity contribution is 0.449. The summed E-state index contributed by atoms with van der Waals surface area (Å²) in [6.45, 7) is 6.89. The Bertz CT molecular complexity index is 665. The standard InChI is InChI=1S/C12H18N4O2/c1-4-8(3)6-16-10-9(13-7-14-10)11(17)15(5-2)12(16)18/h7-8H,4-6H2,1-3H3,(H,13,14). The summed E-state index contributed by atoms with van der Waals surface area (Å²) in [6.07, 6.45) is 2.43. The molecule has 18 heavy (non-hydrogen) atoms. The third-order valence-electron chi connectivity index (χ3n) is 3.30. The van der Waals surface area contributed by atoms with Crippen LogP contribution in [0.25, 0.3) is 11.2 Å². The Morgan fingerprint density at radius 3 is 2.67 bits per heavy atom. The molecule has 98 valence electrons. The Kier molecular flexibility index (Phi) is 3.36. The highest BCUT2D eigenvalue weighted by Gasteiger charge is 2.15. The predicted molar refractivity (Wildman–Crippen MR) is 69.7 cm³/mol. The first-order chi connectivity index (χ1) is 8.60. The first-order valence-corrected chi connectivity index (χ1v) is 6.26. The highest BCUT2D eigenvalue weighted by Crippen LogP contribution is 2.07. The maximum absolute atomic E-state index is 12.3. The Labute approximate surface area is 104 Å². The van der Waals surface area contributed by atoms with Gasteiger partial charge in [-0.2, -0.15) is 0 Å². The summed E-state index contributed by atoms with van der Waals surface area (Å²) in [4.78, 5) is 31.2. The van der Waals surface area contributed by atoms with Crippen LogP contribution in [0.15, 0.2) is 15.9 Å². The minimum Gasteiger partial charge on any atom is -0.339 e. The molecule has 0 aliphatic carbocycles. The number of hydrogen-bond donors (Lipinski definition) is 1. The van der Waals surface area contributed by atoms with Crippen LogP contribution in [0, 0.1) is 5.92 Å². The molecule has 0 spiro atoms. The Morgan fingerprint density at radius 1 is 1.33 bits per heavy atom. The number of imidazole rings is 1. The molecule has 0 saturated heterocycles. The summed E-state index contributed by atoms with van der Waals surface area (Å²) in [5.41, 5.74) is 0.285. The second-order valence-corrected chi connectivity index (χ2v) is 4.56. The normalized spacial score (nSPS) is 13.1. The summed E-state index contributed by atoms with van der Waals surface area (Å²) in [5, 5.41) is 0. The average molecular weight is 250 g/mol. The van der Waals surface area contributed by atoms with Crippen LogP contribution < -0.4 is 11.2 Å². The first kappa shape index (κ1) is 12.6. The van der Waals surface area contributed by atoms with Crippen molar-refractivity contribution in [2.45, 2.75) is 40.3 Å². The molecular formula is C12H18N4O2. The Hall–Kier alpha value is -1.85. The fourth-order valence-corrected chi connectivity index (χ4v) is 1.99. The van der Waals surface area contributed by atoms with Gasteiger partial charge in [0.2, 0.25) is 0 Å². The van der Waals surface area contributed by atoms with E-state index in [0.717, 1.165) is 6.42 Å². The van der Waals surface area contributed by atoms with Crippen LogP contribution in [-0.4, -0.2) is 19.1 Å². The van der Waals surface area contributed by atoms with Gasteiger partial charge in [-0.3, -0.25) is 13.9 Å². The van der Waals surface area contributed by atoms with Crippen molar-refractivity contribution in [2.75, 3.05) is 0 Å². The van der Waals surface area contributed by atoms with Crippen molar-refractivity contribution in [2.24, 2.45) is 5.92 Å². The molecule has 1 unspecified atom stereocenters. The van der Waals surface area contributed by atoms with Crippen molar-refractivity contribution < 1.29 is 0 Å². The number of hydrogen-bond acceptors (Lipinski definition) is 3. The van der Waals surface area contributed by atoms with E-state index < -0.39 is 0 Å². The lowest BCUT2D eigenvalue weighted by Gasteiger charge is -2.13. The maximum Gasteiger partial charge on any atom is 0.332 e. The zero-order valence-corrected chi connectivity index (χ0v) is 10.9. The largest absolute Gasteiger partial charge is 0.339 e. The van der Waals surface area contributed by atoms with Crippen molar-refractivity contribution >= 4 is 11.2 Å². The number of fused-ring (bicyclic) bond motifs is 1. The second-order valence-electron chi connectivity index (χ2n) is 4.56. The molecule has 2 rings (SSSR count). The van der Waals surface area contributed by atoms with E-state index in [1.165, 1.54) is 10.9 Å². The molecular weight excluding hydrogens is 232 g/mol. The van der Waals surface area contributed by atoms with Crippen LogP contribution in [0.5, 0.6) is 0 Å². The molecule has 2 heterocycles. The summed E-state index contributed by atoms with van der Waals surface area (Å²) in [7, 11) is 0. The van der Waals surface area contributed by atoms with Crippen molar-refractivity contribution in [3.05, 3.63) is 27.2 Å². The van der Waals surface area contributed by atoms with Crippen molar-refractivity contribution in [3.63, 3.8) is 0 Å². The van der Waals surface area contributed by atoms with E-state index in [2.05, 4.69) is 23.8 Å². The van der Waals surface area contributed by atoms with E-state index in [-0.39, 0.29) is 11.2 Å². The quantitative estimate of drug-likeness (QED) is 0.878. The zero-order valence-electron chi connectivity index (χ0n) is 10.9. The lowest BCUT2D eigenvalue weighted by atomic mass is 10.1. The van der Waals surface area contributed by atoms with E-state index in [9.17, 15) is 9.59 Å². The van der Waals surface area contributed by atoms with E-state index >= 15 is 0 Å². The number of H-pyrrole nitrogens is 1. The smallest absolute Gasteiger partial charge is 0.332 e. The molecule has 2 aromatic heterocycles. The van der Waals surface area contributed by atoms with Gasteiger partial charge in [-0.25, -0.2) is 9.78 Å². The van der Waals surface area contributed by atoms with Gasteiger partial charge in [0, 0.05) is 13.1 Å². The number of nitrogens with zero attached hydrogens (tertiary/aromatic N) is 3. The summed E-state index contributed by atoms with van der Waals surface area (Å²) in [6, 6.07) is 0. The monoisotopic (exact) mass is 250 g/mol. The van der Waals surface area contributed by atoms with Gasteiger partial charge in [0.05, 0.1) is 6.33 Å². The summed E-state index contributed by atoms with van der Waals surface area (Å²) < 4.78 is 2.83. The molecule has 0 amide bonds. The molecule has 6 nitrogen and oxygen atoms in total. The van der Waals surface area contributed by atoms with E-state index in [1.54, 1.807) is 11.5 Å². The average Bonchev–Trinajstić information content (AvgIpc) is 2.84. The van der Waals surface area contributed by atoms with Gasteiger partial charge in [0.15, 0.2) is 5.65 Å². The van der Waals surface area contributed by atoms with Crippen molar-refractivity contribution in [1.29, 1.82) is 0 Å². The number of rotatable bonds is 4. The van der Waals surface area contributed by atoms with Crippen LogP contribution in [0.1, 0.15) is 27.2 Å². The summed E-state index contributed by atoms with van der Waals surface area (Å²) >= 11 is 0. The fraction of sp³-hybridized carbons (Fsp3) is 0.583. The zero-order chi connectivity index (χ0) is 13.3. The molecule has 2 aromatic rings. The number of aromatic amines is 1. The van der Waals surface area contributed by atoms with Crippen molar-refractivity contribution in [3.8, 4) is 0 Å². The molecule has 1 atom stereocenters. The highest BCUT2D eigenvalue weighted by atomic mass is 16.2. The van der Waals surface area contributed by atoms with Crippen LogP contribution in [0.3, 0.4) is 0 Å². The molecule has 0 bridgehead atoms. The van der Waals surface area contributed by atoms with Gasteiger partial charge in [-0.1, -0.05) is 20.3 Å². The topological polar surface area (TPSA) is 72.7 Å². The predicted octanol–water partition coefficient (Wildman–Crippen LogP) is 0.952. The molecule has 6 heteroatoms. The van der Waals surface area contributed by atoms with Crippen LogP contribution in [0.4, 0.5) is 0 Å². The first-order valence-electron chi connectivity index (χ1n) is 6.26. The molecule has 0 aliphatic rings. The highest BCUT2D eigenvalue weighted by molar-refractivity contribution is 5.68. The van der Waals surface area contributed by atoms with Gasteiger partial charge in [0.25, 0.3) is 5.56 Å². The second kappa shape index (κ2) is 4.80. The number of aromatic nitrogens is 4. The van der Waals surface area contributed by atoms with Gasteiger partial charge in [0.1, 0.15) is 5.52 Å². The SMILES string of the molecule is CCC(C)Cn1c(=O)n(CC)c(=O)c2[nH]cnc21. The van der Waals surface area contributed by atoms with Gasteiger partial charge < -0.3 is 4.98 Å². The molecule has 1 N–H and O–H groups in total. The van der Waals surface area contributed by atoms with E-state index in [4.69, 9.17) is 0 Å². The third-order valence-corrected chi connectivity index (χ3v) is 3.30. The molecule has 0 saturated carbocycles. The van der Waals surface area contributed by atoms with Crippen LogP contribution in [-0.2, 0) is 13.1 Å².